The van der Waals surface area contributed by atoms with Crippen molar-refractivity contribution in [2.24, 2.45) is 0 Å². The summed E-state index contributed by atoms with van der Waals surface area (Å²) in [6, 6.07) is 13.9. The molecule has 2 aromatic heterocycles. The van der Waals surface area contributed by atoms with Gasteiger partial charge in [-0.05, 0) is 55.5 Å². The number of nitrogens with zero attached hydrogens (tertiary/aromatic N) is 6. The van der Waals surface area contributed by atoms with Crippen LogP contribution in [0.5, 0.6) is 11.5 Å². The smallest absolute Gasteiger partial charge is 0.257 e. The van der Waals surface area contributed by atoms with E-state index in [-0.39, 0.29) is 18.5 Å². The van der Waals surface area contributed by atoms with Gasteiger partial charge in [-0.25, -0.2) is 19.0 Å². The zero-order valence-corrected chi connectivity index (χ0v) is 19.6. The number of ether oxygens (including phenoxy) is 2. The Morgan fingerprint density at radius 2 is 1.75 bits per heavy atom. The molecule has 9 nitrogen and oxygen atoms in total. The Morgan fingerprint density at radius 1 is 0.972 bits per heavy atom. The maximum Gasteiger partial charge on any atom is 0.257 e. The fourth-order valence-corrected chi connectivity index (χ4v) is 4.48. The van der Waals surface area contributed by atoms with E-state index in [1.807, 2.05) is 36.1 Å². The first-order valence-corrected chi connectivity index (χ1v) is 11.6. The summed E-state index contributed by atoms with van der Waals surface area (Å²) in [5.41, 5.74) is 3.71. The van der Waals surface area contributed by atoms with Gasteiger partial charge in [0.2, 0.25) is 6.79 Å². The predicted octanol–water partition coefficient (Wildman–Crippen LogP) is 3.47. The Balaban J connectivity index is 1.19. The molecule has 0 saturated carbocycles. The Kier molecular flexibility index (Phi) is 5.48. The number of carbonyl (C=O) groups excluding carboxylic acids is 1. The van der Waals surface area contributed by atoms with E-state index in [4.69, 9.17) is 9.47 Å². The van der Waals surface area contributed by atoms with E-state index < -0.39 is 0 Å². The van der Waals surface area contributed by atoms with Crippen molar-refractivity contribution < 1.29 is 18.7 Å². The van der Waals surface area contributed by atoms with Gasteiger partial charge in [-0.3, -0.25) is 4.79 Å². The van der Waals surface area contributed by atoms with Crippen molar-refractivity contribution >= 4 is 11.6 Å². The molecule has 1 saturated heterocycles. The van der Waals surface area contributed by atoms with E-state index in [0.717, 1.165) is 11.3 Å². The lowest BCUT2D eigenvalue weighted by Gasteiger charge is -2.36. The summed E-state index contributed by atoms with van der Waals surface area (Å²) in [6.07, 6.45) is 3.24. The fraction of sp³-hybridized carbons (Fsp3) is 0.231. The largest absolute Gasteiger partial charge is 0.454 e. The van der Waals surface area contributed by atoms with Crippen LogP contribution >= 0.6 is 0 Å². The average molecular weight is 487 g/mol. The second kappa shape index (κ2) is 8.95. The molecule has 6 rings (SSSR count). The first-order chi connectivity index (χ1) is 17.6. The maximum absolute atomic E-state index is 13.3. The minimum Gasteiger partial charge on any atom is -0.454 e. The number of anilines is 1. The highest BCUT2D eigenvalue weighted by Gasteiger charge is 2.26. The number of hydrogen-bond donors (Lipinski definition) is 0. The third-order valence-corrected chi connectivity index (χ3v) is 6.50. The molecular formula is C26H23FN6O3. The fourth-order valence-electron chi connectivity index (χ4n) is 4.48. The normalized spacial score (nSPS) is 14.8. The predicted molar refractivity (Wildman–Crippen MR) is 130 cm³/mol. The molecule has 4 aromatic rings. The van der Waals surface area contributed by atoms with Crippen LogP contribution in [0.2, 0.25) is 0 Å². The zero-order valence-electron chi connectivity index (χ0n) is 19.6. The molecule has 0 bridgehead atoms. The van der Waals surface area contributed by atoms with Crippen LogP contribution in [0.15, 0.2) is 60.9 Å². The van der Waals surface area contributed by atoms with Crippen molar-refractivity contribution in [1.29, 1.82) is 0 Å². The van der Waals surface area contributed by atoms with Crippen LogP contribution in [0.25, 0.3) is 17.2 Å². The number of halogens is 1. The SMILES string of the molecule is Cc1c(C(=O)N2CCN(c3ccc(F)cc3)CC2)cnn1-c1nccc(-c2ccc3c(c2)OCO3)n1. The van der Waals surface area contributed by atoms with Gasteiger partial charge in [-0.15, -0.1) is 0 Å². The van der Waals surface area contributed by atoms with Crippen molar-refractivity contribution in [1.82, 2.24) is 24.6 Å². The van der Waals surface area contributed by atoms with Crippen molar-refractivity contribution in [3.63, 3.8) is 0 Å². The number of aromatic nitrogens is 4. The highest BCUT2D eigenvalue weighted by Crippen LogP contribution is 2.35. The van der Waals surface area contributed by atoms with Crippen LogP contribution in [0, 0.1) is 12.7 Å². The molecule has 0 spiro atoms. The monoisotopic (exact) mass is 486 g/mol. The highest BCUT2D eigenvalue weighted by molar-refractivity contribution is 5.95. The molecule has 182 valence electrons. The van der Waals surface area contributed by atoms with E-state index >= 15 is 0 Å². The minimum atomic E-state index is -0.259. The summed E-state index contributed by atoms with van der Waals surface area (Å²) in [4.78, 5) is 26.3. The number of piperazine rings is 1. The molecule has 0 unspecified atom stereocenters. The van der Waals surface area contributed by atoms with Gasteiger partial charge < -0.3 is 19.3 Å². The molecular weight excluding hydrogens is 463 g/mol. The van der Waals surface area contributed by atoms with Gasteiger partial charge in [0.1, 0.15) is 5.82 Å². The minimum absolute atomic E-state index is 0.0792. The molecule has 4 heterocycles. The Morgan fingerprint density at radius 3 is 2.56 bits per heavy atom. The van der Waals surface area contributed by atoms with Crippen molar-refractivity contribution in [3.8, 4) is 28.7 Å². The molecule has 1 fully saturated rings. The van der Waals surface area contributed by atoms with E-state index in [2.05, 4.69) is 20.0 Å². The number of hydrogen-bond acceptors (Lipinski definition) is 7. The number of fused-ring (bicyclic) bond motifs is 1. The molecule has 2 aromatic carbocycles. The Bertz CT molecular complexity index is 1430. The molecule has 1 amide bonds. The van der Waals surface area contributed by atoms with Gasteiger partial charge in [0, 0.05) is 43.6 Å². The molecule has 0 radical (unpaired) electrons. The van der Waals surface area contributed by atoms with E-state index in [9.17, 15) is 9.18 Å². The third kappa shape index (κ3) is 4.00. The highest BCUT2D eigenvalue weighted by atomic mass is 19.1. The van der Waals surface area contributed by atoms with Crippen LogP contribution in [0.4, 0.5) is 10.1 Å². The second-order valence-corrected chi connectivity index (χ2v) is 8.62. The first kappa shape index (κ1) is 22.0. The number of carbonyl (C=O) groups is 1. The van der Waals surface area contributed by atoms with Crippen molar-refractivity contribution in [2.75, 3.05) is 37.9 Å². The Labute approximate surface area is 206 Å². The summed E-state index contributed by atoms with van der Waals surface area (Å²) < 4.78 is 25.7. The molecule has 0 N–H and O–H groups in total. The van der Waals surface area contributed by atoms with Gasteiger partial charge in [0.25, 0.3) is 11.9 Å². The molecule has 2 aliphatic heterocycles. The van der Waals surface area contributed by atoms with Crippen molar-refractivity contribution in [2.45, 2.75) is 6.92 Å². The van der Waals surface area contributed by atoms with Crippen molar-refractivity contribution in [3.05, 3.63) is 78.0 Å². The van der Waals surface area contributed by atoms with Crippen LogP contribution in [0.1, 0.15) is 16.1 Å². The lowest BCUT2D eigenvalue weighted by atomic mass is 10.1. The third-order valence-electron chi connectivity index (χ3n) is 6.50. The van der Waals surface area contributed by atoms with Gasteiger partial charge in [0.15, 0.2) is 11.5 Å². The lowest BCUT2D eigenvalue weighted by molar-refractivity contribution is 0.0746. The molecule has 2 aliphatic rings. The molecule has 0 aliphatic carbocycles. The van der Waals surface area contributed by atoms with Gasteiger partial charge in [0.05, 0.1) is 23.1 Å². The zero-order chi connectivity index (χ0) is 24.6. The Hall–Kier alpha value is -4.47. The topological polar surface area (TPSA) is 85.6 Å². The second-order valence-electron chi connectivity index (χ2n) is 8.62. The van der Waals surface area contributed by atoms with E-state index in [1.54, 1.807) is 29.2 Å². The van der Waals surface area contributed by atoms with Gasteiger partial charge in [-0.2, -0.15) is 5.10 Å². The van der Waals surface area contributed by atoms with Crippen LogP contribution in [0.3, 0.4) is 0 Å². The van der Waals surface area contributed by atoms with E-state index in [1.165, 1.54) is 12.1 Å². The maximum atomic E-state index is 13.3. The summed E-state index contributed by atoms with van der Waals surface area (Å²) in [5.74, 6) is 1.42. The lowest BCUT2D eigenvalue weighted by Crippen LogP contribution is -2.48. The number of amides is 1. The van der Waals surface area contributed by atoms with Crippen LogP contribution in [-0.4, -0.2) is 63.5 Å². The van der Waals surface area contributed by atoms with Gasteiger partial charge >= 0.3 is 0 Å². The van der Waals surface area contributed by atoms with Crippen LogP contribution in [-0.2, 0) is 0 Å². The van der Waals surface area contributed by atoms with E-state index in [0.29, 0.717) is 60.6 Å². The van der Waals surface area contributed by atoms with Gasteiger partial charge in [-0.1, -0.05) is 0 Å². The quantitative estimate of drug-likeness (QED) is 0.437. The molecule has 10 heteroatoms. The van der Waals surface area contributed by atoms with Crippen LogP contribution < -0.4 is 14.4 Å². The number of rotatable bonds is 4. The number of benzene rings is 2. The summed E-state index contributed by atoms with van der Waals surface area (Å²) in [5, 5.41) is 4.42. The molecule has 36 heavy (non-hydrogen) atoms. The summed E-state index contributed by atoms with van der Waals surface area (Å²) in [7, 11) is 0. The molecule has 0 atom stereocenters. The summed E-state index contributed by atoms with van der Waals surface area (Å²) >= 11 is 0. The first-order valence-electron chi connectivity index (χ1n) is 11.6. The summed E-state index contributed by atoms with van der Waals surface area (Å²) in [6.45, 7) is 4.52. The standard InChI is InChI=1S/C26H23FN6O3/c1-17-21(25(34)32-12-10-31(11-13-32)20-5-3-19(27)4-6-20)15-29-33(17)26-28-9-8-22(30-26)18-2-7-23-24(14-18)36-16-35-23/h2-9,14-15H,10-13,16H2,1H3. The average Bonchev–Trinajstić information content (AvgIpc) is 3.55.